The van der Waals surface area contributed by atoms with E-state index in [1.54, 1.807) is 12.0 Å². The second kappa shape index (κ2) is 6.54. The number of nitrogens with zero attached hydrogens (tertiary/aromatic N) is 1. The normalized spacial score (nSPS) is 17.3. The number of para-hydroxylation sites is 1. The first kappa shape index (κ1) is 17.2. The summed E-state index contributed by atoms with van der Waals surface area (Å²) in [4.78, 5) is 13.9. The number of piperidine rings is 1. The summed E-state index contributed by atoms with van der Waals surface area (Å²) in [6.45, 7) is 6.77. The Morgan fingerprint density at radius 2 is 1.87 bits per heavy atom. The molecule has 1 aromatic rings. The van der Waals surface area contributed by atoms with Gasteiger partial charge in [-0.2, -0.15) is 0 Å². The molecule has 1 aromatic carbocycles. The van der Waals surface area contributed by atoms with E-state index in [2.05, 4.69) is 5.92 Å². The fraction of sp³-hybridized carbons (Fsp3) is 0.526. The number of methoxy groups -OCH3 is 1. The molecule has 2 rings (SSSR count). The molecule has 4 heteroatoms. The smallest absolute Gasteiger partial charge is 0.410 e. The third-order valence-corrected chi connectivity index (χ3v) is 4.17. The Labute approximate surface area is 138 Å². The molecule has 0 spiro atoms. The zero-order valence-electron chi connectivity index (χ0n) is 14.4. The van der Waals surface area contributed by atoms with Crippen molar-refractivity contribution in [1.82, 2.24) is 4.90 Å². The average Bonchev–Trinajstić information content (AvgIpc) is 2.53. The second-order valence-corrected chi connectivity index (χ2v) is 6.89. The third kappa shape index (κ3) is 3.79. The standard InChI is InChI=1S/C19H25NO3/c1-6-19(15-9-7-8-10-16(15)22-5)11-13-20(14-12-19)17(21)23-18(2,3)4/h1,7-10H,11-14H2,2-5H3. The molecule has 1 aliphatic rings. The van der Waals surface area contributed by atoms with E-state index in [0.717, 1.165) is 11.3 Å². The predicted molar refractivity (Wildman–Crippen MR) is 90.5 cm³/mol. The third-order valence-electron chi connectivity index (χ3n) is 4.17. The Bertz CT molecular complexity index is 602. The topological polar surface area (TPSA) is 38.8 Å². The lowest BCUT2D eigenvalue weighted by atomic mass is 9.73. The summed E-state index contributed by atoms with van der Waals surface area (Å²) in [5.74, 6) is 3.76. The number of likely N-dealkylation sites (tertiary alicyclic amines) is 1. The molecule has 0 aliphatic carbocycles. The molecule has 1 aliphatic heterocycles. The molecule has 1 amide bonds. The first-order valence-electron chi connectivity index (χ1n) is 7.90. The SMILES string of the molecule is C#CC1(c2ccccc2OC)CCN(C(=O)OC(C)(C)C)CC1. The average molecular weight is 315 g/mol. The van der Waals surface area contributed by atoms with Gasteiger partial charge in [-0.3, -0.25) is 0 Å². The number of hydrogen-bond acceptors (Lipinski definition) is 3. The molecule has 0 atom stereocenters. The van der Waals surface area contributed by atoms with Crippen LogP contribution >= 0.6 is 0 Å². The van der Waals surface area contributed by atoms with Gasteiger partial charge in [0.25, 0.3) is 0 Å². The number of terminal acetylenes is 1. The van der Waals surface area contributed by atoms with Crippen molar-refractivity contribution in [2.45, 2.75) is 44.6 Å². The molecule has 4 nitrogen and oxygen atoms in total. The molecule has 0 bridgehead atoms. The lowest BCUT2D eigenvalue weighted by molar-refractivity contribution is 0.0185. The zero-order valence-corrected chi connectivity index (χ0v) is 14.4. The Morgan fingerprint density at radius 1 is 1.26 bits per heavy atom. The van der Waals surface area contributed by atoms with E-state index in [1.165, 1.54) is 0 Å². The summed E-state index contributed by atoms with van der Waals surface area (Å²) in [6.07, 6.45) is 7.00. The van der Waals surface area contributed by atoms with Gasteiger partial charge in [0.1, 0.15) is 11.4 Å². The number of carbonyl (C=O) groups excluding carboxylic acids is 1. The van der Waals surface area contributed by atoms with Gasteiger partial charge in [0.2, 0.25) is 0 Å². The van der Waals surface area contributed by atoms with Crippen molar-refractivity contribution in [3.8, 4) is 18.1 Å². The molecule has 0 unspecified atom stereocenters. The van der Waals surface area contributed by atoms with Gasteiger partial charge in [-0.15, -0.1) is 6.42 Å². The van der Waals surface area contributed by atoms with E-state index >= 15 is 0 Å². The summed E-state index contributed by atoms with van der Waals surface area (Å²) in [6, 6.07) is 7.84. The molecule has 1 saturated heterocycles. The summed E-state index contributed by atoms with van der Waals surface area (Å²) < 4.78 is 10.9. The van der Waals surface area contributed by atoms with Gasteiger partial charge < -0.3 is 14.4 Å². The van der Waals surface area contributed by atoms with E-state index in [0.29, 0.717) is 25.9 Å². The molecule has 0 aromatic heterocycles. The van der Waals surface area contributed by atoms with Gasteiger partial charge in [0, 0.05) is 18.7 Å². The molecular formula is C19H25NO3. The monoisotopic (exact) mass is 315 g/mol. The fourth-order valence-electron chi connectivity index (χ4n) is 2.93. The largest absolute Gasteiger partial charge is 0.496 e. The highest BCUT2D eigenvalue weighted by Gasteiger charge is 2.38. The van der Waals surface area contributed by atoms with Crippen molar-refractivity contribution in [1.29, 1.82) is 0 Å². The van der Waals surface area contributed by atoms with Crippen LogP contribution in [0.5, 0.6) is 5.75 Å². The molecule has 0 radical (unpaired) electrons. The van der Waals surface area contributed by atoms with Crippen LogP contribution in [0.4, 0.5) is 4.79 Å². The number of ether oxygens (including phenoxy) is 2. The molecule has 0 saturated carbocycles. The van der Waals surface area contributed by atoms with Crippen molar-refractivity contribution in [2.75, 3.05) is 20.2 Å². The summed E-state index contributed by atoms with van der Waals surface area (Å²) in [7, 11) is 1.65. The van der Waals surface area contributed by atoms with Crippen molar-refractivity contribution in [2.24, 2.45) is 0 Å². The van der Waals surface area contributed by atoms with Crippen LogP contribution in [0.25, 0.3) is 0 Å². The van der Waals surface area contributed by atoms with E-state index < -0.39 is 11.0 Å². The minimum absolute atomic E-state index is 0.275. The van der Waals surface area contributed by atoms with Gasteiger partial charge >= 0.3 is 6.09 Å². The Hall–Kier alpha value is -2.15. The van der Waals surface area contributed by atoms with Crippen molar-refractivity contribution in [3.05, 3.63) is 29.8 Å². The van der Waals surface area contributed by atoms with Crippen LogP contribution in [0.2, 0.25) is 0 Å². The predicted octanol–water partition coefficient (Wildman–Crippen LogP) is 3.60. The maximum atomic E-state index is 12.2. The summed E-state index contributed by atoms with van der Waals surface area (Å²) >= 11 is 0. The van der Waals surface area contributed by atoms with Crippen LogP contribution in [0.15, 0.2) is 24.3 Å². The number of amides is 1. The van der Waals surface area contributed by atoms with Crippen LogP contribution in [0, 0.1) is 12.3 Å². The number of hydrogen-bond donors (Lipinski definition) is 0. The van der Waals surface area contributed by atoms with Gasteiger partial charge in [0.05, 0.1) is 12.5 Å². The van der Waals surface area contributed by atoms with E-state index in [4.69, 9.17) is 15.9 Å². The lowest BCUT2D eigenvalue weighted by Gasteiger charge is -2.39. The lowest BCUT2D eigenvalue weighted by Crippen LogP contribution is -2.46. The van der Waals surface area contributed by atoms with E-state index in [-0.39, 0.29) is 6.09 Å². The Balaban J connectivity index is 2.15. The molecule has 1 fully saturated rings. The van der Waals surface area contributed by atoms with Crippen LogP contribution in [-0.4, -0.2) is 36.8 Å². The van der Waals surface area contributed by atoms with Gasteiger partial charge in [-0.05, 0) is 39.7 Å². The van der Waals surface area contributed by atoms with Crippen LogP contribution in [0.1, 0.15) is 39.2 Å². The Kier molecular flexibility index (Phi) is 4.89. The first-order valence-corrected chi connectivity index (χ1v) is 7.90. The highest BCUT2D eigenvalue weighted by Crippen LogP contribution is 2.39. The highest BCUT2D eigenvalue weighted by molar-refractivity contribution is 5.68. The molecule has 23 heavy (non-hydrogen) atoms. The highest BCUT2D eigenvalue weighted by atomic mass is 16.6. The number of rotatable bonds is 2. The zero-order chi connectivity index (χ0) is 17.1. The fourth-order valence-corrected chi connectivity index (χ4v) is 2.93. The van der Waals surface area contributed by atoms with Crippen molar-refractivity contribution >= 4 is 6.09 Å². The molecule has 0 N–H and O–H groups in total. The van der Waals surface area contributed by atoms with Gasteiger partial charge in [-0.1, -0.05) is 24.1 Å². The molecular weight excluding hydrogens is 290 g/mol. The number of benzene rings is 1. The Morgan fingerprint density at radius 3 is 2.39 bits per heavy atom. The maximum Gasteiger partial charge on any atom is 0.410 e. The molecule has 124 valence electrons. The van der Waals surface area contributed by atoms with Crippen molar-refractivity contribution in [3.63, 3.8) is 0 Å². The second-order valence-electron chi connectivity index (χ2n) is 6.89. The van der Waals surface area contributed by atoms with Gasteiger partial charge in [-0.25, -0.2) is 4.79 Å². The number of carbonyl (C=O) groups is 1. The van der Waals surface area contributed by atoms with Crippen molar-refractivity contribution < 1.29 is 14.3 Å². The van der Waals surface area contributed by atoms with Crippen LogP contribution in [0.3, 0.4) is 0 Å². The first-order chi connectivity index (χ1) is 10.8. The van der Waals surface area contributed by atoms with Crippen LogP contribution in [-0.2, 0) is 10.2 Å². The minimum atomic E-state index is -0.486. The summed E-state index contributed by atoms with van der Waals surface area (Å²) in [5, 5.41) is 0. The van der Waals surface area contributed by atoms with Gasteiger partial charge in [0.15, 0.2) is 0 Å². The van der Waals surface area contributed by atoms with E-state index in [1.807, 2.05) is 45.0 Å². The van der Waals surface area contributed by atoms with E-state index in [9.17, 15) is 4.79 Å². The quantitative estimate of drug-likeness (QED) is 0.783. The maximum absolute atomic E-state index is 12.2. The van der Waals surface area contributed by atoms with Crippen LogP contribution < -0.4 is 4.74 Å². The minimum Gasteiger partial charge on any atom is -0.496 e. The summed E-state index contributed by atoms with van der Waals surface area (Å²) in [5.41, 5.74) is 0.139. The molecule has 1 heterocycles.